The molecule has 0 spiro atoms. The topological polar surface area (TPSA) is 44.9 Å². The monoisotopic (exact) mass is 418 g/mol. The molecule has 0 saturated heterocycles. The van der Waals surface area contributed by atoms with Crippen LogP contribution in [-0.4, -0.2) is 23.7 Å². The van der Waals surface area contributed by atoms with E-state index in [9.17, 15) is 18.0 Å². The van der Waals surface area contributed by atoms with Gasteiger partial charge in [-0.15, -0.1) is 11.8 Å². The molecule has 0 bridgehead atoms. The molecule has 0 aliphatic carbocycles. The lowest BCUT2D eigenvalue weighted by Crippen LogP contribution is -2.24. The number of aromatic amines is 1. The van der Waals surface area contributed by atoms with E-state index in [-0.39, 0.29) is 5.91 Å². The molecule has 0 aliphatic heterocycles. The van der Waals surface area contributed by atoms with Gasteiger partial charge in [-0.3, -0.25) is 4.79 Å². The highest BCUT2D eigenvalue weighted by atomic mass is 32.2. The van der Waals surface area contributed by atoms with Gasteiger partial charge in [-0.1, -0.05) is 31.2 Å². The summed E-state index contributed by atoms with van der Waals surface area (Å²) < 4.78 is 38.5. The Morgan fingerprint density at radius 2 is 1.79 bits per heavy atom. The van der Waals surface area contributed by atoms with Gasteiger partial charge in [0, 0.05) is 17.1 Å². The minimum atomic E-state index is -4.39. The highest BCUT2D eigenvalue weighted by molar-refractivity contribution is 7.98. The normalized spacial score (nSPS) is 11.5. The molecule has 1 amide bonds. The standard InChI is InChI=1S/C22H21F3N2OS/c1-3-11-26-21(28)18-13-19(14-7-9-16(10-8-14)22(23,24)25)27-20(18)15-5-4-6-17(12-15)29-2/h4-10,12-13,27H,3,11H2,1-2H3,(H,26,28). The Bertz CT molecular complexity index is 994. The summed E-state index contributed by atoms with van der Waals surface area (Å²) in [6.07, 6.45) is -1.61. The predicted octanol–water partition coefficient (Wildman–Crippen LogP) is 6.23. The molecule has 0 saturated carbocycles. The first kappa shape index (κ1) is 21.0. The summed E-state index contributed by atoms with van der Waals surface area (Å²) in [5, 5.41) is 2.87. The van der Waals surface area contributed by atoms with Crippen LogP contribution in [0.1, 0.15) is 29.3 Å². The largest absolute Gasteiger partial charge is 0.416 e. The lowest BCUT2D eigenvalue weighted by molar-refractivity contribution is -0.137. The zero-order valence-electron chi connectivity index (χ0n) is 16.1. The molecule has 0 unspecified atom stereocenters. The van der Waals surface area contributed by atoms with Crippen molar-refractivity contribution in [3.05, 3.63) is 65.7 Å². The van der Waals surface area contributed by atoms with Crippen molar-refractivity contribution in [2.24, 2.45) is 0 Å². The van der Waals surface area contributed by atoms with Gasteiger partial charge >= 0.3 is 6.18 Å². The molecular weight excluding hydrogens is 397 g/mol. The summed E-state index contributed by atoms with van der Waals surface area (Å²) >= 11 is 1.59. The van der Waals surface area contributed by atoms with Crippen molar-refractivity contribution in [3.8, 4) is 22.5 Å². The van der Waals surface area contributed by atoms with Crippen LogP contribution in [0.2, 0.25) is 0 Å². The Labute approximate surface area is 171 Å². The highest BCUT2D eigenvalue weighted by Crippen LogP contribution is 2.33. The number of hydrogen-bond donors (Lipinski definition) is 2. The van der Waals surface area contributed by atoms with E-state index in [4.69, 9.17) is 0 Å². The van der Waals surface area contributed by atoms with Crippen molar-refractivity contribution < 1.29 is 18.0 Å². The summed E-state index contributed by atoms with van der Waals surface area (Å²) in [5.74, 6) is -0.217. The molecule has 3 nitrogen and oxygen atoms in total. The van der Waals surface area contributed by atoms with Crippen LogP contribution in [0.3, 0.4) is 0 Å². The van der Waals surface area contributed by atoms with Crippen LogP contribution >= 0.6 is 11.8 Å². The smallest absolute Gasteiger partial charge is 0.354 e. The molecule has 7 heteroatoms. The Balaban J connectivity index is 2.05. The maximum absolute atomic E-state index is 12.8. The Morgan fingerprint density at radius 1 is 1.07 bits per heavy atom. The second kappa shape index (κ2) is 8.78. The molecular formula is C22H21F3N2OS. The van der Waals surface area contributed by atoms with Crippen molar-refractivity contribution in [2.45, 2.75) is 24.4 Å². The lowest BCUT2D eigenvalue weighted by atomic mass is 10.1. The van der Waals surface area contributed by atoms with E-state index in [2.05, 4.69) is 10.3 Å². The molecule has 3 aromatic rings. The summed E-state index contributed by atoms with van der Waals surface area (Å²) in [5.41, 5.74) is 2.41. The molecule has 0 aliphatic rings. The van der Waals surface area contributed by atoms with Crippen LogP contribution in [-0.2, 0) is 6.18 Å². The average Bonchev–Trinajstić information content (AvgIpc) is 3.17. The van der Waals surface area contributed by atoms with Gasteiger partial charge in [0.1, 0.15) is 0 Å². The zero-order valence-corrected chi connectivity index (χ0v) is 16.9. The van der Waals surface area contributed by atoms with Crippen molar-refractivity contribution in [2.75, 3.05) is 12.8 Å². The number of alkyl halides is 3. The molecule has 29 heavy (non-hydrogen) atoms. The molecule has 2 aromatic carbocycles. The van der Waals surface area contributed by atoms with Crippen LogP contribution in [0.4, 0.5) is 13.2 Å². The van der Waals surface area contributed by atoms with Crippen molar-refractivity contribution in [1.29, 1.82) is 0 Å². The first-order chi connectivity index (χ1) is 13.8. The third-order valence-electron chi connectivity index (χ3n) is 4.48. The third-order valence-corrected chi connectivity index (χ3v) is 5.20. The molecule has 0 fully saturated rings. The zero-order chi connectivity index (χ0) is 21.0. The predicted molar refractivity (Wildman–Crippen MR) is 111 cm³/mol. The van der Waals surface area contributed by atoms with E-state index in [1.165, 1.54) is 12.1 Å². The molecule has 1 heterocycles. The van der Waals surface area contributed by atoms with Gasteiger partial charge in [0.05, 0.1) is 16.8 Å². The molecule has 0 radical (unpaired) electrons. The van der Waals surface area contributed by atoms with E-state index >= 15 is 0 Å². The second-order valence-electron chi connectivity index (χ2n) is 6.53. The number of hydrogen-bond acceptors (Lipinski definition) is 2. The summed E-state index contributed by atoms with van der Waals surface area (Å²) in [6, 6.07) is 14.4. The molecule has 0 atom stereocenters. The van der Waals surface area contributed by atoms with E-state index < -0.39 is 11.7 Å². The van der Waals surface area contributed by atoms with Crippen molar-refractivity contribution in [3.63, 3.8) is 0 Å². The van der Waals surface area contributed by atoms with Gasteiger partial charge in [0.25, 0.3) is 5.91 Å². The van der Waals surface area contributed by atoms with Gasteiger partial charge in [0.15, 0.2) is 0 Å². The lowest BCUT2D eigenvalue weighted by Gasteiger charge is -2.07. The number of rotatable bonds is 6. The van der Waals surface area contributed by atoms with E-state index in [1.807, 2.05) is 37.4 Å². The molecule has 3 rings (SSSR count). The Morgan fingerprint density at radius 3 is 2.41 bits per heavy atom. The van der Waals surface area contributed by atoms with Crippen molar-refractivity contribution >= 4 is 17.7 Å². The quantitative estimate of drug-likeness (QED) is 0.466. The van der Waals surface area contributed by atoms with E-state index in [0.717, 1.165) is 29.0 Å². The number of carbonyl (C=O) groups excluding carboxylic acids is 1. The van der Waals surface area contributed by atoms with Gasteiger partial charge in [-0.2, -0.15) is 13.2 Å². The fourth-order valence-corrected chi connectivity index (χ4v) is 3.43. The third kappa shape index (κ3) is 4.85. The van der Waals surface area contributed by atoms with Gasteiger partial charge in [0.2, 0.25) is 0 Å². The highest BCUT2D eigenvalue weighted by Gasteiger charge is 2.30. The van der Waals surface area contributed by atoms with Crippen LogP contribution in [0, 0.1) is 0 Å². The number of aromatic nitrogens is 1. The second-order valence-corrected chi connectivity index (χ2v) is 7.41. The maximum atomic E-state index is 12.8. The SMILES string of the molecule is CCCNC(=O)c1cc(-c2ccc(C(F)(F)F)cc2)[nH]c1-c1cccc(SC)c1. The van der Waals surface area contributed by atoms with E-state index in [1.54, 1.807) is 17.8 Å². The average molecular weight is 418 g/mol. The van der Waals surface area contributed by atoms with Crippen LogP contribution in [0.5, 0.6) is 0 Å². The fourth-order valence-electron chi connectivity index (χ4n) is 2.97. The number of halogens is 3. The number of thioether (sulfide) groups is 1. The molecule has 152 valence electrons. The van der Waals surface area contributed by atoms with Crippen LogP contribution < -0.4 is 5.32 Å². The number of amides is 1. The van der Waals surface area contributed by atoms with Gasteiger partial charge in [-0.25, -0.2) is 0 Å². The summed E-state index contributed by atoms with van der Waals surface area (Å²) in [6.45, 7) is 2.51. The van der Waals surface area contributed by atoms with Gasteiger partial charge in [-0.05, 0) is 54.1 Å². The number of H-pyrrole nitrogens is 1. The minimum absolute atomic E-state index is 0.217. The maximum Gasteiger partial charge on any atom is 0.416 e. The van der Waals surface area contributed by atoms with Crippen LogP contribution in [0.15, 0.2) is 59.5 Å². The van der Waals surface area contributed by atoms with Gasteiger partial charge < -0.3 is 10.3 Å². The number of carbonyl (C=O) groups is 1. The number of benzene rings is 2. The first-order valence-electron chi connectivity index (χ1n) is 9.16. The molecule has 2 N–H and O–H groups in total. The van der Waals surface area contributed by atoms with Crippen molar-refractivity contribution in [1.82, 2.24) is 10.3 Å². The first-order valence-corrected chi connectivity index (χ1v) is 10.4. The molecule has 1 aromatic heterocycles. The Kier molecular flexibility index (Phi) is 6.37. The fraction of sp³-hybridized carbons (Fsp3) is 0.227. The van der Waals surface area contributed by atoms with E-state index in [0.29, 0.717) is 29.1 Å². The Hall–Kier alpha value is -2.67. The minimum Gasteiger partial charge on any atom is -0.354 e. The summed E-state index contributed by atoms with van der Waals surface area (Å²) in [4.78, 5) is 17.0. The summed E-state index contributed by atoms with van der Waals surface area (Å²) in [7, 11) is 0. The number of nitrogens with one attached hydrogen (secondary N) is 2. The van der Waals surface area contributed by atoms with Crippen LogP contribution in [0.25, 0.3) is 22.5 Å².